The number of ether oxygens (including phenoxy) is 2. The number of amides is 1. The Bertz CT molecular complexity index is 729. The summed E-state index contributed by atoms with van der Waals surface area (Å²) >= 11 is 0. The number of aliphatic hydroxyl groups is 1. The van der Waals surface area contributed by atoms with Gasteiger partial charge in [-0.1, -0.05) is 18.2 Å². The maximum Gasteiger partial charge on any atom is 0.220 e. The van der Waals surface area contributed by atoms with Gasteiger partial charge in [0.05, 0.1) is 19.3 Å². The third-order valence-electron chi connectivity index (χ3n) is 4.90. The maximum atomic E-state index is 12.2. The van der Waals surface area contributed by atoms with Crippen molar-refractivity contribution < 1.29 is 19.4 Å². The van der Waals surface area contributed by atoms with Crippen LogP contribution in [0.4, 0.5) is 0 Å². The summed E-state index contributed by atoms with van der Waals surface area (Å²) in [4.78, 5) is 15.4. The van der Waals surface area contributed by atoms with Gasteiger partial charge in [0, 0.05) is 23.5 Å². The van der Waals surface area contributed by atoms with E-state index in [4.69, 9.17) is 9.47 Å². The Morgan fingerprint density at radius 2 is 2.08 bits per heavy atom. The smallest absolute Gasteiger partial charge is 0.220 e. The van der Waals surface area contributed by atoms with Crippen LogP contribution < -0.4 is 5.32 Å². The third kappa shape index (κ3) is 2.92. The lowest BCUT2D eigenvalue weighted by Crippen LogP contribution is -2.44. The molecule has 1 aromatic carbocycles. The van der Waals surface area contributed by atoms with Gasteiger partial charge in [-0.25, -0.2) is 0 Å². The molecule has 2 aliphatic heterocycles. The number of benzene rings is 1. The largest absolute Gasteiger partial charge is 0.388 e. The number of hydrogen-bond acceptors (Lipinski definition) is 4. The van der Waals surface area contributed by atoms with Gasteiger partial charge < -0.3 is 24.9 Å². The lowest BCUT2D eigenvalue weighted by molar-refractivity contribution is -0.122. The number of carbonyl (C=O) groups is 1. The summed E-state index contributed by atoms with van der Waals surface area (Å²) in [5.74, 6) is 0.00841. The topological polar surface area (TPSA) is 83.6 Å². The van der Waals surface area contributed by atoms with E-state index in [1.165, 1.54) is 10.9 Å². The van der Waals surface area contributed by atoms with Crippen molar-refractivity contribution >= 4 is 16.8 Å². The molecule has 2 aromatic rings. The molecule has 4 atom stereocenters. The molecule has 0 unspecified atom stereocenters. The number of hydrogen-bond donors (Lipinski definition) is 3. The quantitative estimate of drug-likeness (QED) is 0.767. The normalized spacial score (nSPS) is 29.0. The van der Waals surface area contributed by atoms with Crippen molar-refractivity contribution in [2.24, 2.45) is 0 Å². The monoisotopic (exact) mass is 330 g/mol. The number of H-pyrrole nitrogens is 1. The average Bonchev–Trinajstić information content (AvgIpc) is 3.26. The predicted molar refractivity (Wildman–Crippen MR) is 88.7 cm³/mol. The van der Waals surface area contributed by atoms with Crippen molar-refractivity contribution in [1.29, 1.82) is 0 Å². The van der Waals surface area contributed by atoms with E-state index in [-0.39, 0.29) is 30.8 Å². The summed E-state index contributed by atoms with van der Waals surface area (Å²) in [7, 11) is 0. The molecule has 1 aromatic heterocycles. The molecule has 2 saturated heterocycles. The number of aryl methyl sites for hydroxylation is 1. The summed E-state index contributed by atoms with van der Waals surface area (Å²) in [5.41, 5.74) is 2.37. The SMILES string of the molecule is O=C(CCCc1c[nH]c2ccccc12)N[C@@H]1CO[C@H]2[C@@H]1OC[C@H]2O. The van der Waals surface area contributed by atoms with Gasteiger partial charge in [-0.05, 0) is 24.5 Å². The molecule has 0 aliphatic carbocycles. The third-order valence-corrected chi connectivity index (χ3v) is 4.90. The molecule has 2 aliphatic rings. The highest BCUT2D eigenvalue weighted by Crippen LogP contribution is 2.27. The number of aliphatic hydroxyl groups excluding tert-OH is 1. The van der Waals surface area contributed by atoms with Gasteiger partial charge in [0.15, 0.2) is 0 Å². The molecule has 2 fully saturated rings. The van der Waals surface area contributed by atoms with E-state index >= 15 is 0 Å². The van der Waals surface area contributed by atoms with Crippen LogP contribution in [0.15, 0.2) is 30.5 Å². The zero-order valence-electron chi connectivity index (χ0n) is 13.4. The van der Waals surface area contributed by atoms with Crippen molar-refractivity contribution in [1.82, 2.24) is 10.3 Å². The first-order chi connectivity index (χ1) is 11.7. The van der Waals surface area contributed by atoms with Crippen LogP contribution in [0.5, 0.6) is 0 Å². The zero-order chi connectivity index (χ0) is 16.5. The summed E-state index contributed by atoms with van der Waals surface area (Å²) in [6.45, 7) is 0.683. The van der Waals surface area contributed by atoms with Crippen molar-refractivity contribution in [3.8, 4) is 0 Å². The Kier molecular flexibility index (Phi) is 4.26. The lowest BCUT2D eigenvalue weighted by Gasteiger charge is -2.17. The Hall–Kier alpha value is -1.89. The molecule has 0 spiro atoms. The van der Waals surface area contributed by atoms with Crippen molar-refractivity contribution in [3.63, 3.8) is 0 Å². The van der Waals surface area contributed by atoms with E-state index < -0.39 is 6.10 Å². The van der Waals surface area contributed by atoms with Gasteiger partial charge in [-0.15, -0.1) is 0 Å². The summed E-state index contributed by atoms with van der Waals surface area (Å²) in [6, 6.07) is 8.03. The molecule has 6 nitrogen and oxygen atoms in total. The first-order valence-corrected chi connectivity index (χ1v) is 8.48. The molecule has 1 amide bonds. The Balaban J connectivity index is 1.27. The molecular formula is C18H22N2O4. The van der Waals surface area contributed by atoms with E-state index in [1.807, 2.05) is 18.3 Å². The van der Waals surface area contributed by atoms with Gasteiger partial charge in [-0.3, -0.25) is 4.79 Å². The number of para-hydroxylation sites is 1. The second kappa shape index (κ2) is 6.55. The Labute approximate surface area is 140 Å². The van der Waals surface area contributed by atoms with Crippen molar-refractivity contribution in [2.45, 2.75) is 43.6 Å². The highest BCUT2D eigenvalue weighted by atomic mass is 16.6. The molecular weight excluding hydrogens is 308 g/mol. The number of fused-ring (bicyclic) bond motifs is 2. The fourth-order valence-electron chi connectivity index (χ4n) is 3.66. The van der Waals surface area contributed by atoms with Crippen LogP contribution in [0.1, 0.15) is 18.4 Å². The van der Waals surface area contributed by atoms with Gasteiger partial charge >= 0.3 is 0 Å². The molecule has 24 heavy (non-hydrogen) atoms. The summed E-state index contributed by atoms with van der Waals surface area (Å²) in [6.07, 6.45) is 3.03. The Morgan fingerprint density at radius 1 is 1.25 bits per heavy atom. The van der Waals surface area contributed by atoms with Crippen LogP contribution in [0, 0.1) is 0 Å². The molecule has 4 rings (SSSR count). The van der Waals surface area contributed by atoms with Gasteiger partial charge in [0.2, 0.25) is 5.91 Å². The predicted octanol–water partition coefficient (Wildman–Crippen LogP) is 1.13. The zero-order valence-corrected chi connectivity index (χ0v) is 13.4. The number of rotatable bonds is 5. The van der Waals surface area contributed by atoms with Crippen LogP contribution in [0.3, 0.4) is 0 Å². The fraction of sp³-hybridized carbons (Fsp3) is 0.500. The average molecular weight is 330 g/mol. The minimum absolute atomic E-state index is 0.00841. The summed E-state index contributed by atoms with van der Waals surface area (Å²) < 4.78 is 11.0. The second-order valence-electron chi connectivity index (χ2n) is 6.55. The number of carbonyl (C=O) groups excluding carboxylic acids is 1. The van der Waals surface area contributed by atoms with E-state index in [9.17, 15) is 9.90 Å². The van der Waals surface area contributed by atoms with Crippen molar-refractivity contribution in [2.75, 3.05) is 13.2 Å². The van der Waals surface area contributed by atoms with Crippen LogP contribution >= 0.6 is 0 Å². The molecule has 6 heteroatoms. The van der Waals surface area contributed by atoms with Crippen LogP contribution in [-0.2, 0) is 20.7 Å². The van der Waals surface area contributed by atoms with Crippen LogP contribution in [0.2, 0.25) is 0 Å². The van der Waals surface area contributed by atoms with Gasteiger partial charge in [-0.2, -0.15) is 0 Å². The maximum absolute atomic E-state index is 12.2. The highest BCUT2D eigenvalue weighted by molar-refractivity contribution is 5.83. The number of nitrogens with one attached hydrogen (secondary N) is 2. The minimum atomic E-state index is -0.584. The van der Waals surface area contributed by atoms with Crippen molar-refractivity contribution in [3.05, 3.63) is 36.0 Å². The molecule has 0 saturated carbocycles. The van der Waals surface area contributed by atoms with E-state index in [0.29, 0.717) is 13.0 Å². The van der Waals surface area contributed by atoms with Crippen LogP contribution in [0.25, 0.3) is 10.9 Å². The van der Waals surface area contributed by atoms with E-state index in [1.54, 1.807) is 0 Å². The minimum Gasteiger partial charge on any atom is -0.388 e. The van der Waals surface area contributed by atoms with Gasteiger partial charge in [0.25, 0.3) is 0 Å². The fourth-order valence-corrected chi connectivity index (χ4v) is 3.66. The van der Waals surface area contributed by atoms with Crippen LogP contribution in [-0.4, -0.2) is 53.6 Å². The second-order valence-corrected chi connectivity index (χ2v) is 6.55. The molecule has 3 heterocycles. The molecule has 128 valence electrons. The first-order valence-electron chi connectivity index (χ1n) is 8.48. The van der Waals surface area contributed by atoms with Gasteiger partial charge in [0.1, 0.15) is 18.3 Å². The lowest BCUT2D eigenvalue weighted by atomic mass is 10.1. The molecule has 3 N–H and O–H groups in total. The molecule has 0 bridgehead atoms. The number of aromatic amines is 1. The Morgan fingerprint density at radius 3 is 3.00 bits per heavy atom. The first kappa shape index (κ1) is 15.6. The van der Waals surface area contributed by atoms with E-state index in [2.05, 4.69) is 22.4 Å². The highest BCUT2D eigenvalue weighted by Gasteiger charge is 2.47. The standard InChI is InChI=1S/C18H22N2O4/c21-15-10-24-17-14(9-23-18(15)17)20-16(22)7-3-4-11-8-19-13-6-2-1-5-12(11)13/h1-2,5-6,8,14-15,17-19,21H,3-4,7,9-10H2,(H,20,22)/t14-,15-,17-,18-/m1/s1. The molecule has 0 radical (unpaired) electrons. The number of aromatic nitrogens is 1. The summed E-state index contributed by atoms with van der Waals surface area (Å²) in [5, 5.41) is 13.9. The van der Waals surface area contributed by atoms with E-state index in [0.717, 1.165) is 18.4 Å².